The van der Waals surface area contributed by atoms with Crippen LogP contribution in [0.1, 0.15) is 36.7 Å². The third-order valence-corrected chi connectivity index (χ3v) is 3.17. The predicted octanol–water partition coefficient (Wildman–Crippen LogP) is 4.61. The first-order chi connectivity index (χ1) is 11.5. The number of nitrogens with one attached hydrogen (secondary N) is 2. The minimum absolute atomic E-state index is 0.0301. The second-order valence-electron chi connectivity index (χ2n) is 6.31. The van der Waals surface area contributed by atoms with Crippen molar-refractivity contribution in [2.75, 3.05) is 10.6 Å². The van der Waals surface area contributed by atoms with Crippen molar-refractivity contribution < 1.29 is 18.0 Å². The Morgan fingerprint density at radius 3 is 2.24 bits per heavy atom. The van der Waals surface area contributed by atoms with Gasteiger partial charge < -0.3 is 10.6 Å². The van der Waals surface area contributed by atoms with Gasteiger partial charge in [-0.2, -0.15) is 13.2 Å². The summed E-state index contributed by atoms with van der Waals surface area (Å²) in [7, 11) is 0. The molecular weight excluding hydrogens is 357 g/mol. The van der Waals surface area contributed by atoms with E-state index in [1.807, 2.05) is 20.8 Å². The Balaban J connectivity index is 2.20. The van der Waals surface area contributed by atoms with Gasteiger partial charge in [0.25, 0.3) is 5.91 Å². The van der Waals surface area contributed by atoms with Crippen molar-refractivity contribution in [1.29, 1.82) is 0 Å². The molecule has 2 N–H and O–H groups in total. The zero-order valence-corrected chi connectivity index (χ0v) is 14.5. The predicted molar refractivity (Wildman–Crippen MR) is 89.8 cm³/mol. The monoisotopic (exact) mass is 372 g/mol. The zero-order chi connectivity index (χ0) is 18.8. The summed E-state index contributed by atoms with van der Waals surface area (Å²) in [5.41, 5.74) is -1.66. The van der Waals surface area contributed by atoms with Gasteiger partial charge in [0.2, 0.25) is 5.95 Å². The molecule has 0 aliphatic carbocycles. The molecule has 0 atom stereocenters. The van der Waals surface area contributed by atoms with Crippen LogP contribution in [0.2, 0.25) is 5.02 Å². The molecule has 0 aliphatic rings. The lowest BCUT2D eigenvalue weighted by Gasteiger charge is -2.20. The third-order valence-electron chi connectivity index (χ3n) is 2.94. The number of anilines is 2. The minimum Gasteiger partial charge on any atom is -0.350 e. The van der Waals surface area contributed by atoms with Crippen LogP contribution in [-0.4, -0.2) is 21.4 Å². The molecule has 5 nitrogen and oxygen atoms in total. The number of benzene rings is 1. The van der Waals surface area contributed by atoms with Crippen LogP contribution < -0.4 is 10.6 Å². The summed E-state index contributed by atoms with van der Waals surface area (Å²) >= 11 is 5.61. The van der Waals surface area contributed by atoms with Gasteiger partial charge in [-0.3, -0.25) is 4.79 Å². The quantitative estimate of drug-likeness (QED) is 0.825. The maximum atomic E-state index is 13.0. The van der Waals surface area contributed by atoms with Crippen LogP contribution in [0.25, 0.3) is 0 Å². The van der Waals surface area contributed by atoms with Gasteiger partial charge in [-0.25, -0.2) is 9.97 Å². The van der Waals surface area contributed by atoms with Gasteiger partial charge in [0.1, 0.15) is 0 Å². The summed E-state index contributed by atoms with van der Waals surface area (Å²) in [4.78, 5) is 20.1. The molecular formula is C16H16ClF3N4O. The zero-order valence-electron chi connectivity index (χ0n) is 13.7. The summed E-state index contributed by atoms with van der Waals surface area (Å²) in [6, 6.07) is 3.11. The summed E-state index contributed by atoms with van der Waals surface area (Å²) in [5.74, 6) is -0.443. The van der Waals surface area contributed by atoms with Crippen LogP contribution in [0.4, 0.5) is 24.8 Å². The topological polar surface area (TPSA) is 66.9 Å². The molecule has 134 valence electrons. The fourth-order valence-corrected chi connectivity index (χ4v) is 2.07. The van der Waals surface area contributed by atoms with Gasteiger partial charge in [-0.15, -0.1) is 0 Å². The smallest absolute Gasteiger partial charge is 0.350 e. The van der Waals surface area contributed by atoms with Crippen LogP contribution in [-0.2, 0) is 6.18 Å². The van der Waals surface area contributed by atoms with Crippen LogP contribution in [0.3, 0.4) is 0 Å². The van der Waals surface area contributed by atoms with Crippen molar-refractivity contribution in [2.45, 2.75) is 32.5 Å². The van der Waals surface area contributed by atoms with Crippen LogP contribution >= 0.6 is 11.6 Å². The van der Waals surface area contributed by atoms with E-state index in [4.69, 9.17) is 11.6 Å². The van der Waals surface area contributed by atoms with E-state index >= 15 is 0 Å². The fourth-order valence-electron chi connectivity index (χ4n) is 1.90. The molecule has 1 amide bonds. The summed E-state index contributed by atoms with van der Waals surface area (Å²) in [5, 5.41) is 5.15. The van der Waals surface area contributed by atoms with Crippen LogP contribution in [0, 0.1) is 0 Å². The Labute approximate surface area is 147 Å². The second-order valence-corrected chi connectivity index (χ2v) is 6.75. The lowest BCUT2D eigenvalue weighted by atomic mass is 10.1. The molecule has 0 bridgehead atoms. The highest BCUT2D eigenvalue weighted by Gasteiger charge is 2.34. The van der Waals surface area contributed by atoms with Gasteiger partial charge in [0, 0.05) is 23.0 Å². The Kier molecular flexibility index (Phi) is 5.22. The van der Waals surface area contributed by atoms with Gasteiger partial charge >= 0.3 is 6.18 Å². The molecule has 0 radical (unpaired) electrons. The van der Waals surface area contributed by atoms with Crippen LogP contribution in [0.15, 0.2) is 30.6 Å². The normalized spacial score (nSPS) is 12.0. The second kappa shape index (κ2) is 6.87. The van der Waals surface area contributed by atoms with Crippen LogP contribution in [0.5, 0.6) is 0 Å². The molecule has 2 aromatic rings. The molecule has 1 heterocycles. The molecule has 1 aromatic carbocycles. The molecule has 0 spiro atoms. The Hall–Kier alpha value is -2.35. The van der Waals surface area contributed by atoms with Crippen molar-refractivity contribution in [3.63, 3.8) is 0 Å². The number of rotatable bonds is 3. The SMILES string of the molecule is CC(C)(C)Nc1ncc(C(=O)Nc2ccc(Cl)cc2C(F)(F)F)cn1. The highest BCUT2D eigenvalue weighted by Crippen LogP contribution is 2.36. The van der Waals surface area contributed by atoms with Gasteiger partial charge in [0.15, 0.2) is 0 Å². The number of hydrogen-bond donors (Lipinski definition) is 2. The number of halogens is 4. The first-order valence-electron chi connectivity index (χ1n) is 7.24. The average molecular weight is 373 g/mol. The highest BCUT2D eigenvalue weighted by molar-refractivity contribution is 6.30. The van der Waals surface area contributed by atoms with Crippen molar-refractivity contribution >= 4 is 29.1 Å². The number of nitrogens with zero attached hydrogens (tertiary/aromatic N) is 2. The van der Waals surface area contributed by atoms with E-state index in [0.717, 1.165) is 12.1 Å². The molecule has 9 heteroatoms. The van der Waals surface area contributed by atoms with E-state index in [9.17, 15) is 18.0 Å². The van der Waals surface area contributed by atoms with Crippen molar-refractivity contribution in [1.82, 2.24) is 9.97 Å². The largest absolute Gasteiger partial charge is 0.418 e. The maximum Gasteiger partial charge on any atom is 0.418 e. The van der Waals surface area contributed by atoms with Crippen molar-refractivity contribution in [3.05, 3.63) is 46.7 Å². The summed E-state index contributed by atoms with van der Waals surface area (Å²) in [6.07, 6.45) is -2.18. The fraction of sp³-hybridized carbons (Fsp3) is 0.312. The number of aromatic nitrogens is 2. The van der Waals surface area contributed by atoms with Gasteiger partial charge in [0.05, 0.1) is 16.8 Å². The Morgan fingerprint density at radius 1 is 1.12 bits per heavy atom. The minimum atomic E-state index is -4.65. The average Bonchev–Trinajstić information content (AvgIpc) is 2.47. The lowest BCUT2D eigenvalue weighted by Crippen LogP contribution is -2.27. The molecule has 0 unspecified atom stereocenters. The number of hydrogen-bond acceptors (Lipinski definition) is 4. The number of carbonyl (C=O) groups is 1. The van der Waals surface area contributed by atoms with E-state index in [1.54, 1.807) is 0 Å². The molecule has 25 heavy (non-hydrogen) atoms. The first-order valence-corrected chi connectivity index (χ1v) is 7.62. The molecule has 0 aliphatic heterocycles. The molecule has 2 rings (SSSR count). The lowest BCUT2D eigenvalue weighted by molar-refractivity contribution is -0.136. The van der Waals surface area contributed by atoms with E-state index in [-0.39, 0.29) is 16.1 Å². The van der Waals surface area contributed by atoms with E-state index in [1.165, 1.54) is 18.5 Å². The summed E-state index contributed by atoms with van der Waals surface area (Å²) in [6.45, 7) is 5.74. The van der Waals surface area contributed by atoms with E-state index in [0.29, 0.717) is 5.95 Å². The molecule has 0 saturated heterocycles. The van der Waals surface area contributed by atoms with E-state index < -0.39 is 23.3 Å². The molecule has 1 aromatic heterocycles. The summed E-state index contributed by atoms with van der Waals surface area (Å²) < 4.78 is 39.1. The molecule has 0 fully saturated rings. The standard InChI is InChI=1S/C16H16ClF3N4O/c1-15(2,3)24-14-21-7-9(8-22-14)13(25)23-12-5-4-10(17)6-11(12)16(18,19)20/h4-8H,1-3H3,(H,23,25)(H,21,22,24). The van der Waals surface area contributed by atoms with Gasteiger partial charge in [-0.1, -0.05) is 11.6 Å². The molecule has 0 saturated carbocycles. The first kappa shape index (κ1) is 19.0. The number of amides is 1. The number of carbonyl (C=O) groups excluding carboxylic acids is 1. The number of alkyl halides is 3. The van der Waals surface area contributed by atoms with E-state index in [2.05, 4.69) is 20.6 Å². The highest BCUT2D eigenvalue weighted by atomic mass is 35.5. The third kappa shape index (κ3) is 5.32. The van der Waals surface area contributed by atoms with Crippen molar-refractivity contribution in [2.24, 2.45) is 0 Å². The van der Waals surface area contributed by atoms with Crippen molar-refractivity contribution in [3.8, 4) is 0 Å². The maximum absolute atomic E-state index is 13.0. The Bertz CT molecular complexity index is 770. The van der Waals surface area contributed by atoms with Gasteiger partial charge in [-0.05, 0) is 39.0 Å². The Morgan fingerprint density at radius 2 is 1.72 bits per heavy atom.